The van der Waals surface area contributed by atoms with Crippen molar-refractivity contribution >= 4 is 52.3 Å². The van der Waals surface area contributed by atoms with Gasteiger partial charge in [0.25, 0.3) is 0 Å². The number of nitrogens with one attached hydrogen (secondary N) is 3. The molecule has 234 valence electrons. The molecule has 13 heteroatoms. The summed E-state index contributed by atoms with van der Waals surface area (Å²) in [5.74, 6) is 2.13. The molecule has 0 saturated carbocycles. The van der Waals surface area contributed by atoms with Crippen LogP contribution in [-0.4, -0.2) is 91.8 Å². The molecule has 2 aromatic carbocycles. The molecule has 0 aliphatic carbocycles. The fraction of sp³-hybridized carbons (Fsp3) is 0.406. The molecule has 45 heavy (non-hydrogen) atoms. The van der Waals surface area contributed by atoms with Gasteiger partial charge in [-0.2, -0.15) is 15.2 Å². The van der Waals surface area contributed by atoms with Gasteiger partial charge in [-0.3, -0.25) is 4.90 Å². The number of H-pyrrole nitrogens is 1. The predicted molar refractivity (Wildman–Crippen MR) is 176 cm³/mol. The minimum Gasteiger partial charge on any atom is -0.494 e. The van der Waals surface area contributed by atoms with Crippen LogP contribution < -0.4 is 30.3 Å². The third-order valence-corrected chi connectivity index (χ3v) is 10.5. The van der Waals surface area contributed by atoms with Gasteiger partial charge in [0.05, 0.1) is 54.4 Å². The van der Waals surface area contributed by atoms with Gasteiger partial charge in [-0.15, -0.1) is 0 Å². The molecule has 2 saturated heterocycles. The Morgan fingerprint density at radius 2 is 1.91 bits per heavy atom. The Morgan fingerprint density at radius 3 is 2.69 bits per heavy atom. The summed E-state index contributed by atoms with van der Waals surface area (Å²) in [5.41, 5.74) is 3.23. The minimum atomic E-state index is -2.60. The number of morpholine rings is 1. The van der Waals surface area contributed by atoms with E-state index < -0.39 is 7.14 Å². The SMILES string of the molecule is COc1cc2c(cc1Nc1nc(Nc3ccccc3P(C)(C)=O)c3c(C#N)c[nH]c3n1)OC[C@@H]1C[C@H](N3CCOCC3)CCN21. The molecule has 7 rings (SSSR count). The van der Waals surface area contributed by atoms with Gasteiger partial charge in [-0.1, -0.05) is 12.1 Å². The van der Waals surface area contributed by atoms with Gasteiger partial charge in [0.1, 0.15) is 42.8 Å². The number of aromatic nitrogens is 3. The zero-order chi connectivity index (χ0) is 31.1. The summed E-state index contributed by atoms with van der Waals surface area (Å²) >= 11 is 0. The monoisotopic (exact) mass is 628 g/mol. The number of nitriles is 1. The summed E-state index contributed by atoms with van der Waals surface area (Å²) in [4.78, 5) is 17.6. The lowest BCUT2D eigenvalue weighted by Gasteiger charge is -2.47. The van der Waals surface area contributed by atoms with E-state index in [1.807, 2.05) is 36.4 Å². The summed E-state index contributed by atoms with van der Waals surface area (Å²) in [6.45, 7) is 8.63. The molecule has 2 atom stereocenters. The maximum Gasteiger partial charge on any atom is 0.231 e. The Bertz CT molecular complexity index is 1830. The van der Waals surface area contributed by atoms with Crippen molar-refractivity contribution < 1.29 is 18.8 Å². The molecule has 0 amide bonds. The Kier molecular flexibility index (Phi) is 7.78. The van der Waals surface area contributed by atoms with Crippen molar-refractivity contribution in [3.05, 3.63) is 48.2 Å². The second kappa shape index (κ2) is 11.9. The minimum absolute atomic E-state index is 0.295. The Labute approximate surface area is 262 Å². The van der Waals surface area contributed by atoms with E-state index in [4.69, 9.17) is 19.2 Å². The third kappa shape index (κ3) is 5.68. The molecule has 0 unspecified atom stereocenters. The summed E-state index contributed by atoms with van der Waals surface area (Å²) in [6.07, 6.45) is 3.76. The highest BCUT2D eigenvalue weighted by atomic mass is 31.2. The molecular weight excluding hydrogens is 591 g/mol. The second-order valence-corrected chi connectivity index (χ2v) is 15.2. The highest BCUT2D eigenvalue weighted by Crippen LogP contribution is 2.45. The van der Waals surface area contributed by atoms with Gasteiger partial charge in [0.2, 0.25) is 5.95 Å². The van der Waals surface area contributed by atoms with Crippen LogP contribution in [0.3, 0.4) is 0 Å². The van der Waals surface area contributed by atoms with E-state index in [0.717, 1.165) is 57.1 Å². The maximum absolute atomic E-state index is 13.1. The van der Waals surface area contributed by atoms with Crippen LogP contribution in [0.4, 0.5) is 28.8 Å². The standard InChI is InChI=1S/C32H37N8O4P/c1-42-26-16-25-27(44-19-22-14-21(8-9-40(22)25)39-10-12-43-13-11-39)15-24(26)36-32-37-30-29(20(17-33)18-34-30)31(38-32)35-23-6-4-5-7-28(23)45(2,3)41/h4-7,15-16,18,21-22H,8-14,19H2,1-3H3,(H3,34,35,36,37,38)/t21-,22+/m1/s1. The van der Waals surface area contributed by atoms with Crippen LogP contribution in [-0.2, 0) is 9.30 Å². The summed E-state index contributed by atoms with van der Waals surface area (Å²) in [6, 6.07) is 14.4. The number of rotatable bonds is 7. The molecule has 2 aromatic heterocycles. The van der Waals surface area contributed by atoms with Crippen LogP contribution in [0.15, 0.2) is 42.6 Å². The molecule has 5 heterocycles. The van der Waals surface area contributed by atoms with Crippen molar-refractivity contribution in [3.63, 3.8) is 0 Å². The number of methoxy groups -OCH3 is 1. The molecular formula is C32H37N8O4P. The van der Waals surface area contributed by atoms with Crippen molar-refractivity contribution in [1.29, 1.82) is 5.26 Å². The fourth-order valence-corrected chi connectivity index (χ4v) is 7.84. The van der Waals surface area contributed by atoms with Crippen LogP contribution in [0.2, 0.25) is 0 Å². The van der Waals surface area contributed by atoms with Crippen LogP contribution >= 0.6 is 7.14 Å². The number of fused-ring (bicyclic) bond motifs is 4. The van der Waals surface area contributed by atoms with Gasteiger partial charge in [-0.25, -0.2) is 0 Å². The zero-order valence-electron chi connectivity index (χ0n) is 25.7. The molecule has 2 fully saturated rings. The molecule has 0 spiro atoms. The number of piperidine rings is 1. The molecule has 3 aliphatic rings. The van der Waals surface area contributed by atoms with Crippen molar-refractivity contribution in [2.45, 2.75) is 24.9 Å². The van der Waals surface area contributed by atoms with Gasteiger partial charge >= 0.3 is 0 Å². The van der Waals surface area contributed by atoms with E-state index in [0.29, 0.717) is 69.5 Å². The van der Waals surface area contributed by atoms with Crippen LogP contribution in [0, 0.1) is 11.3 Å². The highest BCUT2D eigenvalue weighted by Gasteiger charge is 2.37. The smallest absolute Gasteiger partial charge is 0.231 e. The first kappa shape index (κ1) is 29.4. The summed E-state index contributed by atoms with van der Waals surface area (Å²) in [7, 11) is -0.960. The topological polar surface area (TPSA) is 141 Å². The number of ether oxygens (including phenoxy) is 3. The van der Waals surface area contributed by atoms with Gasteiger partial charge in [-0.05, 0) is 38.3 Å². The first-order valence-corrected chi connectivity index (χ1v) is 17.8. The number of aromatic amines is 1. The van der Waals surface area contributed by atoms with E-state index >= 15 is 0 Å². The lowest BCUT2D eigenvalue weighted by Crippen LogP contribution is -2.55. The number of benzene rings is 2. The van der Waals surface area contributed by atoms with E-state index in [2.05, 4.69) is 36.5 Å². The largest absolute Gasteiger partial charge is 0.494 e. The maximum atomic E-state index is 13.1. The molecule has 0 radical (unpaired) electrons. The Balaban J connectivity index is 1.19. The molecule has 4 aromatic rings. The van der Waals surface area contributed by atoms with Crippen LogP contribution in [0.5, 0.6) is 11.5 Å². The first-order valence-electron chi connectivity index (χ1n) is 15.2. The highest BCUT2D eigenvalue weighted by molar-refractivity contribution is 7.70. The molecule has 3 N–H and O–H groups in total. The molecule has 3 aliphatic heterocycles. The van der Waals surface area contributed by atoms with Crippen molar-refractivity contribution in [1.82, 2.24) is 19.9 Å². The summed E-state index contributed by atoms with van der Waals surface area (Å²) < 4.78 is 30.8. The first-order chi connectivity index (χ1) is 21.8. The number of hydrogen-bond acceptors (Lipinski definition) is 11. The average molecular weight is 629 g/mol. The lowest BCUT2D eigenvalue weighted by molar-refractivity contribution is 0.00628. The number of nitrogens with zero attached hydrogens (tertiary/aromatic N) is 5. The van der Waals surface area contributed by atoms with Crippen molar-refractivity contribution in [2.24, 2.45) is 0 Å². The lowest BCUT2D eigenvalue weighted by atomic mass is 9.94. The zero-order valence-corrected chi connectivity index (χ0v) is 26.6. The van der Waals surface area contributed by atoms with E-state index in [-0.39, 0.29) is 0 Å². The number of hydrogen-bond donors (Lipinski definition) is 3. The van der Waals surface area contributed by atoms with E-state index in [9.17, 15) is 9.83 Å². The van der Waals surface area contributed by atoms with Gasteiger partial charge in [0.15, 0.2) is 0 Å². The molecule has 12 nitrogen and oxygen atoms in total. The van der Waals surface area contributed by atoms with Gasteiger partial charge < -0.3 is 39.3 Å². The van der Waals surface area contributed by atoms with Crippen molar-refractivity contribution in [3.8, 4) is 17.6 Å². The Hall–Kier alpha value is -4.30. The summed E-state index contributed by atoms with van der Waals surface area (Å²) in [5, 5.41) is 17.7. The Morgan fingerprint density at radius 1 is 1.09 bits per heavy atom. The predicted octanol–water partition coefficient (Wildman–Crippen LogP) is 4.64. The second-order valence-electron chi connectivity index (χ2n) is 12.1. The quantitative estimate of drug-likeness (QED) is 0.247. The van der Waals surface area contributed by atoms with E-state index in [1.54, 1.807) is 26.6 Å². The van der Waals surface area contributed by atoms with Gasteiger partial charge in [0, 0.05) is 49.3 Å². The average Bonchev–Trinajstić information content (AvgIpc) is 3.47. The van der Waals surface area contributed by atoms with Crippen molar-refractivity contribution in [2.75, 3.05) is 75.4 Å². The number of anilines is 5. The van der Waals surface area contributed by atoms with E-state index in [1.165, 1.54) is 0 Å². The molecule has 0 bridgehead atoms. The van der Waals surface area contributed by atoms with Crippen LogP contribution in [0.1, 0.15) is 18.4 Å². The fourth-order valence-electron chi connectivity index (χ4n) is 6.69. The van der Waals surface area contributed by atoms with Crippen LogP contribution in [0.25, 0.3) is 11.0 Å². The third-order valence-electron chi connectivity index (χ3n) is 8.91. The number of para-hydroxylation sites is 1. The normalized spacial score (nSPS) is 20.1.